The van der Waals surface area contributed by atoms with Crippen LogP contribution in [0.5, 0.6) is 0 Å². The van der Waals surface area contributed by atoms with Crippen molar-refractivity contribution < 1.29 is 9.53 Å². The molecular formula is C10H12ClNO2. The molecule has 76 valence electrons. The smallest absolute Gasteiger partial charge is 0.338 e. The van der Waals surface area contributed by atoms with Gasteiger partial charge in [0.1, 0.15) is 5.50 Å². The Kier molecular flexibility index (Phi) is 3.49. The maximum Gasteiger partial charge on any atom is 0.338 e. The molecule has 0 aliphatic carbocycles. The van der Waals surface area contributed by atoms with E-state index in [9.17, 15) is 4.79 Å². The highest BCUT2D eigenvalue weighted by atomic mass is 35.5. The molecular weight excluding hydrogens is 202 g/mol. The van der Waals surface area contributed by atoms with Crippen LogP contribution in [0.3, 0.4) is 0 Å². The van der Waals surface area contributed by atoms with Crippen LogP contribution in [0.4, 0.5) is 0 Å². The topological polar surface area (TPSA) is 52.3 Å². The molecule has 1 unspecified atom stereocenters. The lowest BCUT2D eigenvalue weighted by Crippen LogP contribution is -2.13. The van der Waals surface area contributed by atoms with E-state index in [1.165, 1.54) is 7.11 Å². The van der Waals surface area contributed by atoms with Gasteiger partial charge < -0.3 is 10.5 Å². The second-order valence-corrected chi connectivity index (χ2v) is 3.40. The van der Waals surface area contributed by atoms with Crippen LogP contribution in [0.25, 0.3) is 0 Å². The molecule has 4 heteroatoms. The van der Waals surface area contributed by atoms with Crippen molar-refractivity contribution in [2.24, 2.45) is 5.73 Å². The number of carbonyl (C=O) groups is 1. The first-order chi connectivity index (χ1) is 6.57. The summed E-state index contributed by atoms with van der Waals surface area (Å²) in [4.78, 5) is 11.4. The number of halogens is 1. The minimum Gasteiger partial charge on any atom is -0.465 e. The van der Waals surface area contributed by atoms with Crippen molar-refractivity contribution in [3.8, 4) is 0 Å². The Hall–Kier alpha value is -1.06. The number of benzene rings is 1. The predicted molar refractivity (Wildman–Crippen MR) is 55.3 cm³/mol. The van der Waals surface area contributed by atoms with E-state index < -0.39 is 11.5 Å². The van der Waals surface area contributed by atoms with Crippen molar-refractivity contribution in [3.63, 3.8) is 0 Å². The van der Waals surface area contributed by atoms with Gasteiger partial charge >= 0.3 is 5.97 Å². The van der Waals surface area contributed by atoms with E-state index >= 15 is 0 Å². The molecule has 1 aromatic rings. The Balaban J connectivity index is 3.28. The molecule has 0 aliphatic rings. The first kappa shape index (κ1) is 11.0. The fourth-order valence-corrected chi connectivity index (χ4v) is 1.62. The van der Waals surface area contributed by atoms with Crippen LogP contribution in [0.1, 0.15) is 27.0 Å². The number of hydrogen-bond acceptors (Lipinski definition) is 3. The zero-order valence-corrected chi connectivity index (χ0v) is 8.84. The van der Waals surface area contributed by atoms with Gasteiger partial charge in [-0.3, -0.25) is 0 Å². The zero-order valence-electron chi connectivity index (χ0n) is 8.08. The summed E-state index contributed by atoms with van der Waals surface area (Å²) in [6.07, 6.45) is 0. The van der Waals surface area contributed by atoms with Crippen LogP contribution in [-0.2, 0) is 4.74 Å². The third-order valence-corrected chi connectivity index (χ3v) is 2.22. The average Bonchev–Trinajstić information content (AvgIpc) is 2.15. The molecule has 0 aliphatic heterocycles. The average molecular weight is 214 g/mol. The highest BCUT2D eigenvalue weighted by Gasteiger charge is 2.16. The summed E-state index contributed by atoms with van der Waals surface area (Å²) >= 11 is 5.78. The molecule has 0 bridgehead atoms. The molecule has 0 aromatic heterocycles. The van der Waals surface area contributed by atoms with Crippen molar-refractivity contribution in [1.82, 2.24) is 0 Å². The van der Waals surface area contributed by atoms with E-state index in [0.29, 0.717) is 11.1 Å². The van der Waals surface area contributed by atoms with Gasteiger partial charge in [0, 0.05) is 5.56 Å². The van der Waals surface area contributed by atoms with Crippen molar-refractivity contribution in [2.75, 3.05) is 7.11 Å². The number of aryl methyl sites for hydroxylation is 1. The zero-order chi connectivity index (χ0) is 10.7. The van der Waals surface area contributed by atoms with Crippen LogP contribution in [0.2, 0.25) is 0 Å². The van der Waals surface area contributed by atoms with Crippen LogP contribution in [-0.4, -0.2) is 13.1 Å². The minimum atomic E-state index is -0.690. The van der Waals surface area contributed by atoms with Gasteiger partial charge in [0.05, 0.1) is 12.7 Å². The number of methoxy groups -OCH3 is 1. The summed E-state index contributed by atoms with van der Waals surface area (Å²) in [6, 6.07) is 5.27. The van der Waals surface area contributed by atoms with Crippen molar-refractivity contribution in [3.05, 3.63) is 34.9 Å². The molecule has 0 fully saturated rings. The van der Waals surface area contributed by atoms with E-state index in [2.05, 4.69) is 4.74 Å². The number of carbonyl (C=O) groups excluding carboxylic acids is 1. The normalized spacial score (nSPS) is 12.3. The fraction of sp³-hybridized carbons (Fsp3) is 0.300. The van der Waals surface area contributed by atoms with Gasteiger partial charge in [0.2, 0.25) is 0 Å². The quantitative estimate of drug-likeness (QED) is 0.464. The maximum atomic E-state index is 11.4. The summed E-state index contributed by atoms with van der Waals surface area (Å²) in [7, 11) is 1.33. The Labute approximate surface area is 87.8 Å². The molecule has 1 atom stereocenters. The molecule has 3 nitrogen and oxygen atoms in total. The van der Waals surface area contributed by atoms with Crippen LogP contribution < -0.4 is 5.73 Å². The number of alkyl halides is 1. The summed E-state index contributed by atoms with van der Waals surface area (Å²) in [6.45, 7) is 1.85. The molecule has 0 heterocycles. The molecule has 1 aromatic carbocycles. The Morgan fingerprint density at radius 3 is 2.71 bits per heavy atom. The number of esters is 1. The van der Waals surface area contributed by atoms with E-state index in [1.807, 2.05) is 13.0 Å². The van der Waals surface area contributed by atoms with E-state index in [4.69, 9.17) is 17.3 Å². The maximum absolute atomic E-state index is 11.4. The predicted octanol–water partition coefficient (Wildman–Crippen LogP) is 1.98. The molecule has 0 saturated carbocycles. The molecule has 0 amide bonds. The summed E-state index contributed by atoms with van der Waals surface area (Å²) in [5.74, 6) is -0.417. The molecule has 1 rings (SSSR count). The van der Waals surface area contributed by atoms with Gasteiger partial charge in [-0.05, 0) is 18.6 Å². The monoisotopic (exact) mass is 213 g/mol. The Morgan fingerprint density at radius 2 is 2.21 bits per heavy atom. The minimum absolute atomic E-state index is 0.417. The standard InChI is InChI=1S/C10H12ClNO2/c1-6-4-3-5-7(10(13)14-2)8(6)9(11)12/h3-5,9H,12H2,1-2H3. The molecule has 0 radical (unpaired) electrons. The number of rotatable bonds is 2. The van der Waals surface area contributed by atoms with E-state index in [0.717, 1.165) is 5.56 Å². The second kappa shape index (κ2) is 4.44. The summed E-state index contributed by atoms with van der Waals surface area (Å²) < 4.78 is 4.63. The molecule has 2 N–H and O–H groups in total. The van der Waals surface area contributed by atoms with E-state index in [1.54, 1.807) is 12.1 Å². The first-order valence-electron chi connectivity index (χ1n) is 4.15. The van der Waals surface area contributed by atoms with Crippen LogP contribution in [0.15, 0.2) is 18.2 Å². The van der Waals surface area contributed by atoms with Gasteiger partial charge in [0.15, 0.2) is 0 Å². The van der Waals surface area contributed by atoms with E-state index in [-0.39, 0.29) is 0 Å². The highest BCUT2D eigenvalue weighted by molar-refractivity contribution is 6.21. The van der Waals surface area contributed by atoms with Gasteiger partial charge in [-0.25, -0.2) is 4.79 Å². The summed E-state index contributed by atoms with van der Waals surface area (Å²) in [5, 5.41) is 0. The number of nitrogens with two attached hydrogens (primary N) is 1. The molecule has 14 heavy (non-hydrogen) atoms. The van der Waals surface area contributed by atoms with Gasteiger partial charge in [0.25, 0.3) is 0 Å². The van der Waals surface area contributed by atoms with Crippen molar-refractivity contribution in [2.45, 2.75) is 12.4 Å². The highest BCUT2D eigenvalue weighted by Crippen LogP contribution is 2.23. The van der Waals surface area contributed by atoms with Gasteiger partial charge in [-0.1, -0.05) is 12.1 Å². The van der Waals surface area contributed by atoms with Crippen LogP contribution in [0, 0.1) is 6.92 Å². The van der Waals surface area contributed by atoms with Crippen molar-refractivity contribution >= 4 is 17.6 Å². The van der Waals surface area contributed by atoms with Crippen molar-refractivity contribution in [1.29, 1.82) is 0 Å². The molecule has 0 saturated heterocycles. The lowest BCUT2D eigenvalue weighted by Gasteiger charge is -2.12. The first-order valence-corrected chi connectivity index (χ1v) is 4.59. The lowest BCUT2D eigenvalue weighted by molar-refractivity contribution is 0.0599. The number of ether oxygens (including phenoxy) is 1. The molecule has 0 spiro atoms. The SMILES string of the molecule is COC(=O)c1cccc(C)c1C(N)Cl. The van der Waals surface area contributed by atoms with Crippen LogP contribution >= 0.6 is 11.6 Å². The van der Waals surface area contributed by atoms with Gasteiger partial charge in [-0.15, -0.1) is 11.6 Å². The summed E-state index contributed by atoms with van der Waals surface area (Å²) in [5.41, 5.74) is 6.81. The number of hydrogen-bond donors (Lipinski definition) is 1. The fourth-order valence-electron chi connectivity index (χ4n) is 1.33. The Morgan fingerprint density at radius 1 is 1.57 bits per heavy atom. The third kappa shape index (κ3) is 2.05. The Bertz CT molecular complexity index is 350. The lowest BCUT2D eigenvalue weighted by atomic mass is 10.0. The van der Waals surface area contributed by atoms with Gasteiger partial charge in [-0.2, -0.15) is 0 Å². The largest absolute Gasteiger partial charge is 0.465 e. The second-order valence-electron chi connectivity index (χ2n) is 2.93. The third-order valence-electron chi connectivity index (χ3n) is 2.01.